The molecule has 2 aromatic carbocycles. The van der Waals surface area contributed by atoms with E-state index in [9.17, 15) is 8.78 Å². The van der Waals surface area contributed by atoms with Gasteiger partial charge in [-0.3, -0.25) is 4.57 Å². The highest BCUT2D eigenvalue weighted by molar-refractivity contribution is 6.32. The van der Waals surface area contributed by atoms with Gasteiger partial charge >= 0.3 is 0 Å². The molecule has 0 aliphatic heterocycles. The quantitative estimate of drug-likeness (QED) is 0.605. The summed E-state index contributed by atoms with van der Waals surface area (Å²) in [4.78, 5) is 4.29. The molecular formula is C15H10Cl2F2N2. The van der Waals surface area contributed by atoms with Crippen LogP contribution in [-0.4, -0.2) is 9.55 Å². The van der Waals surface area contributed by atoms with Crippen molar-refractivity contribution in [3.8, 4) is 5.69 Å². The molecule has 0 unspecified atom stereocenters. The zero-order chi connectivity index (χ0) is 15.1. The molecule has 0 atom stereocenters. The van der Waals surface area contributed by atoms with Crippen LogP contribution in [0.1, 0.15) is 11.4 Å². The molecule has 0 bridgehead atoms. The van der Waals surface area contributed by atoms with Gasteiger partial charge in [0.05, 0.1) is 27.6 Å². The summed E-state index contributed by atoms with van der Waals surface area (Å²) in [5.74, 6) is -0.194. The molecule has 1 heterocycles. The van der Waals surface area contributed by atoms with E-state index in [1.807, 2.05) is 0 Å². The number of halogens is 4. The van der Waals surface area contributed by atoms with Gasteiger partial charge in [0.2, 0.25) is 0 Å². The van der Waals surface area contributed by atoms with Gasteiger partial charge in [-0.25, -0.2) is 13.8 Å². The van der Waals surface area contributed by atoms with Gasteiger partial charge in [-0.05, 0) is 36.8 Å². The second-order valence-corrected chi connectivity index (χ2v) is 5.36. The lowest BCUT2D eigenvalue weighted by atomic mass is 10.2. The average molecular weight is 327 g/mol. The van der Waals surface area contributed by atoms with E-state index in [4.69, 9.17) is 23.2 Å². The Bertz CT molecular complexity index is 843. The highest BCUT2D eigenvalue weighted by Crippen LogP contribution is 2.29. The summed E-state index contributed by atoms with van der Waals surface area (Å²) in [6, 6.07) is 7.03. The average Bonchev–Trinajstić information content (AvgIpc) is 2.79. The Morgan fingerprint density at radius 2 is 1.95 bits per heavy atom. The number of benzene rings is 2. The molecule has 0 spiro atoms. The van der Waals surface area contributed by atoms with Crippen molar-refractivity contribution in [2.24, 2.45) is 0 Å². The number of hydrogen-bond donors (Lipinski definition) is 0. The van der Waals surface area contributed by atoms with Crippen LogP contribution >= 0.6 is 23.2 Å². The lowest BCUT2D eigenvalue weighted by molar-refractivity contribution is 0.620. The smallest absolute Gasteiger partial charge is 0.129 e. The summed E-state index contributed by atoms with van der Waals surface area (Å²) in [5, 5.41) is 0.365. The Kier molecular flexibility index (Phi) is 3.59. The molecule has 0 amide bonds. The molecular weight excluding hydrogens is 317 g/mol. The summed E-state index contributed by atoms with van der Waals surface area (Å²) in [5.41, 5.74) is 1.99. The SMILES string of the molecule is Cc1cc2c(cc1F)nc(CCl)n2-c1cc(F)ccc1Cl. The van der Waals surface area contributed by atoms with Crippen LogP contribution in [0.2, 0.25) is 5.02 Å². The number of imidazole rings is 1. The Hall–Kier alpha value is -1.65. The minimum absolute atomic E-state index is 0.0994. The van der Waals surface area contributed by atoms with Crippen molar-refractivity contribution < 1.29 is 8.78 Å². The molecule has 21 heavy (non-hydrogen) atoms. The standard InChI is InChI=1S/C15H10Cl2F2N2/c1-8-4-14-12(6-11(8)19)20-15(7-16)21(14)13-5-9(18)2-3-10(13)17/h2-6H,7H2,1H3. The van der Waals surface area contributed by atoms with Crippen molar-refractivity contribution in [2.75, 3.05) is 0 Å². The maximum absolute atomic E-state index is 13.7. The molecule has 0 aliphatic carbocycles. The Morgan fingerprint density at radius 3 is 2.67 bits per heavy atom. The Labute approximate surface area is 129 Å². The second kappa shape index (κ2) is 5.28. The van der Waals surface area contributed by atoms with Gasteiger partial charge in [-0.1, -0.05) is 11.6 Å². The van der Waals surface area contributed by atoms with E-state index in [0.29, 0.717) is 33.1 Å². The van der Waals surface area contributed by atoms with Crippen LogP contribution in [0.15, 0.2) is 30.3 Å². The first kappa shape index (κ1) is 14.3. The zero-order valence-corrected chi connectivity index (χ0v) is 12.5. The maximum atomic E-state index is 13.7. The summed E-state index contributed by atoms with van der Waals surface area (Å²) in [6.07, 6.45) is 0. The normalized spacial score (nSPS) is 11.3. The van der Waals surface area contributed by atoms with Crippen LogP contribution in [0.3, 0.4) is 0 Å². The first-order valence-corrected chi connectivity index (χ1v) is 7.11. The number of fused-ring (bicyclic) bond motifs is 1. The molecule has 3 rings (SSSR count). The zero-order valence-electron chi connectivity index (χ0n) is 11.0. The molecule has 108 valence electrons. The first-order valence-electron chi connectivity index (χ1n) is 6.20. The fourth-order valence-electron chi connectivity index (χ4n) is 2.27. The summed E-state index contributed by atoms with van der Waals surface area (Å²) < 4.78 is 28.9. The van der Waals surface area contributed by atoms with Crippen LogP contribution < -0.4 is 0 Å². The van der Waals surface area contributed by atoms with Crippen molar-refractivity contribution in [1.29, 1.82) is 0 Å². The minimum Gasteiger partial charge on any atom is -0.294 e. The number of alkyl halides is 1. The van der Waals surface area contributed by atoms with E-state index in [2.05, 4.69) is 4.98 Å². The van der Waals surface area contributed by atoms with Crippen molar-refractivity contribution in [3.05, 3.63) is 58.4 Å². The van der Waals surface area contributed by atoms with E-state index < -0.39 is 5.82 Å². The van der Waals surface area contributed by atoms with E-state index in [-0.39, 0.29) is 11.7 Å². The molecule has 0 N–H and O–H groups in total. The third-order valence-corrected chi connectivity index (χ3v) is 3.83. The topological polar surface area (TPSA) is 17.8 Å². The number of hydrogen-bond acceptors (Lipinski definition) is 1. The highest BCUT2D eigenvalue weighted by Gasteiger charge is 2.16. The predicted molar refractivity (Wildman–Crippen MR) is 80.3 cm³/mol. The van der Waals surface area contributed by atoms with Crippen molar-refractivity contribution in [2.45, 2.75) is 12.8 Å². The second-order valence-electron chi connectivity index (χ2n) is 4.68. The van der Waals surface area contributed by atoms with Crippen molar-refractivity contribution in [1.82, 2.24) is 9.55 Å². The fourth-order valence-corrected chi connectivity index (χ4v) is 2.65. The fraction of sp³-hybridized carbons (Fsp3) is 0.133. The molecule has 0 radical (unpaired) electrons. The Balaban J connectivity index is 2.40. The van der Waals surface area contributed by atoms with Gasteiger partial charge in [0.1, 0.15) is 17.5 Å². The summed E-state index contributed by atoms with van der Waals surface area (Å²) in [7, 11) is 0. The van der Waals surface area contributed by atoms with Gasteiger partial charge in [0.15, 0.2) is 0 Å². The largest absolute Gasteiger partial charge is 0.294 e. The predicted octanol–water partition coefficient (Wildman–Crippen LogP) is 5.00. The Morgan fingerprint density at radius 1 is 1.19 bits per heavy atom. The number of aromatic nitrogens is 2. The van der Waals surface area contributed by atoms with E-state index >= 15 is 0 Å². The number of nitrogens with zero attached hydrogens (tertiary/aromatic N) is 2. The third kappa shape index (κ3) is 2.39. The van der Waals surface area contributed by atoms with Gasteiger partial charge in [-0.2, -0.15) is 0 Å². The van der Waals surface area contributed by atoms with Gasteiger partial charge in [-0.15, -0.1) is 11.6 Å². The number of rotatable bonds is 2. The molecule has 0 saturated carbocycles. The summed E-state index contributed by atoms with van der Waals surface area (Å²) >= 11 is 12.1. The molecule has 3 aromatic rings. The van der Waals surface area contributed by atoms with E-state index in [0.717, 1.165) is 0 Å². The van der Waals surface area contributed by atoms with Crippen LogP contribution in [0, 0.1) is 18.6 Å². The van der Waals surface area contributed by atoms with Crippen LogP contribution in [0.5, 0.6) is 0 Å². The van der Waals surface area contributed by atoms with Crippen LogP contribution in [-0.2, 0) is 5.88 Å². The maximum Gasteiger partial charge on any atom is 0.129 e. The summed E-state index contributed by atoms with van der Waals surface area (Å²) in [6.45, 7) is 1.65. The molecule has 2 nitrogen and oxygen atoms in total. The lowest BCUT2D eigenvalue weighted by Gasteiger charge is -2.10. The monoisotopic (exact) mass is 326 g/mol. The molecule has 1 aromatic heterocycles. The van der Waals surface area contributed by atoms with E-state index in [1.54, 1.807) is 17.6 Å². The van der Waals surface area contributed by atoms with Crippen LogP contribution in [0.25, 0.3) is 16.7 Å². The number of aryl methyl sites for hydroxylation is 1. The molecule has 6 heteroatoms. The minimum atomic E-state index is -0.421. The van der Waals surface area contributed by atoms with Crippen molar-refractivity contribution >= 4 is 34.2 Å². The van der Waals surface area contributed by atoms with Gasteiger partial charge in [0.25, 0.3) is 0 Å². The molecule has 0 saturated heterocycles. The van der Waals surface area contributed by atoms with Gasteiger partial charge < -0.3 is 0 Å². The third-order valence-electron chi connectivity index (χ3n) is 3.27. The van der Waals surface area contributed by atoms with Gasteiger partial charge in [0, 0.05) is 6.07 Å². The lowest BCUT2D eigenvalue weighted by Crippen LogP contribution is -2.01. The van der Waals surface area contributed by atoms with Crippen molar-refractivity contribution in [3.63, 3.8) is 0 Å². The molecule has 0 fully saturated rings. The highest BCUT2D eigenvalue weighted by atomic mass is 35.5. The van der Waals surface area contributed by atoms with Crippen LogP contribution in [0.4, 0.5) is 8.78 Å². The first-order chi connectivity index (χ1) is 10.0. The molecule has 0 aliphatic rings. The van der Waals surface area contributed by atoms with E-state index in [1.165, 1.54) is 24.3 Å².